The fourth-order valence-corrected chi connectivity index (χ4v) is 2.48. The van der Waals surface area contributed by atoms with Gasteiger partial charge >= 0.3 is 0 Å². The predicted molar refractivity (Wildman–Crippen MR) is 78.3 cm³/mol. The van der Waals surface area contributed by atoms with Gasteiger partial charge in [-0.2, -0.15) is 0 Å². The summed E-state index contributed by atoms with van der Waals surface area (Å²) in [5.74, 6) is 0.164. The lowest BCUT2D eigenvalue weighted by Gasteiger charge is -2.26. The summed E-state index contributed by atoms with van der Waals surface area (Å²) in [6.45, 7) is 9.24. The summed E-state index contributed by atoms with van der Waals surface area (Å²) in [5, 5.41) is 3.19. The number of anilines is 1. The summed E-state index contributed by atoms with van der Waals surface area (Å²) in [6.07, 6.45) is 0. The molecule has 1 aromatic carbocycles. The van der Waals surface area contributed by atoms with Gasteiger partial charge in [-0.25, -0.2) is 0 Å². The number of carbonyl (C=O) groups excluding carboxylic acids is 1. The number of rotatable bonds is 5. The lowest BCUT2D eigenvalue weighted by atomic mass is 10.1. The zero-order valence-electron chi connectivity index (χ0n) is 11.9. The van der Waals surface area contributed by atoms with Crippen LogP contribution >= 0.6 is 0 Å². The first-order valence-corrected chi connectivity index (χ1v) is 7.07. The second-order valence-electron chi connectivity index (χ2n) is 4.80. The number of likely N-dealkylation sites (N-methyl/N-ethyl adjacent to an activating group) is 1. The van der Waals surface area contributed by atoms with Gasteiger partial charge in [0.1, 0.15) is 0 Å². The van der Waals surface area contributed by atoms with Crippen LogP contribution in [0.1, 0.15) is 19.4 Å². The third-order valence-electron chi connectivity index (χ3n) is 3.71. The number of hydrogen-bond donors (Lipinski definition) is 1. The van der Waals surface area contributed by atoms with Crippen molar-refractivity contribution in [3.63, 3.8) is 0 Å². The average molecular weight is 261 g/mol. The van der Waals surface area contributed by atoms with E-state index in [4.69, 9.17) is 0 Å². The molecule has 0 atom stereocenters. The topological polar surface area (TPSA) is 35.6 Å². The molecule has 1 heterocycles. The van der Waals surface area contributed by atoms with Crippen LogP contribution in [0.3, 0.4) is 0 Å². The van der Waals surface area contributed by atoms with Gasteiger partial charge in [0, 0.05) is 25.3 Å². The summed E-state index contributed by atoms with van der Waals surface area (Å²) in [6, 6.07) is 8.16. The van der Waals surface area contributed by atoms with E-state index in [1.54, 1.807) is 0 Å². The van der Waals surface area contributed by atoms with Crippen molar-refractivity contribution in [3.05, 3.63) is 29.8 Å². The van der Waals surface area contributed by atoms with Gasteiger partial charge < -0.3 is 15.1 Å². The molecule has 0 aromatic heterocycles. The molecule has 2 rings (SSSR count). The van der Waals surface area contributed by atoms with Crippen LogP contribution in [0.2, 0.25) is 0 Å². The van der Waals surface area contributed by atoms with Crippen molar-refractivity contribution in [1.82, 2.24) is 10.2 Å². The van der Waals surface area contributed by atoms with Crippen LogP contribution in [0.25, 0.3) is 0 Å². The summed E-state index contributed by atoms with van der Waals surface area (Å²) >= 11 is 0. The Bertz CT molecular complexity index is 429. The van der Waals surface area contributed by atoms with Crippen molar-refractivity contribution >= 4 is 11.6 Å². The fourth-order valence-electron chi connectivity index (χ4n) is 2.48. The molecule has 1 aliphatic rings. The van der Waals surface area contributed by atoms with Gasteiger partial charge in [0.25, 0.3) is 0 Å². The van der Waals surface area contributed by atoms with Crippen molar-refractivity contribution in [2.24, 2.45) is 0 Å². The molecule has 1 N–H and O–H groups in total. The molecule has 0 radical (unpaired) electrons. The van der Waals surface area contributed by atoms with E-state index in [1.165, 1.54) is 5.56 Å². The smallest absolute Gasteiger partial charge is 0.240 e. The van der Waals surface area contributed by atoms with E-state index < -0.39 is 0 Å². The quantitative estimate of drug-likeness (QED) is 0.872. The van der Waals surface area contributed by atoms with E-state index in [-0.39, 0.29) is 5.91 Å². The van der Waals surface area contributed by atoms with E-state index in [0.29, 0.717) is 6.54 Å². The average Bonchev–Trinajstić information content (AvgIpc) is 2.59. The van der Waals surface area contributed by atoms with E-state index in [1.807, 2.05) is 23.1 Å². The molecule has 0 fully saturated rings. The maximum atomic E-state index is 12.2. The maximum Gasteiger partial charge on any atom is 0.240 e. The molecule has 4 heteroatoms. The molecule has 0 unspecified atom stereocenters. The normalized spacial score (nSPS) is 15.5. The van der Waals surface area contributed by atoms with Gasteiger partial charge in [-0.15, -0.1) is 0 Å². The van der Waals surface area contributed by atoms with Gasteiger partial charge in [0.05, 0.1) is 6.54 Å². The highest BCUT2D eigenvalue weighted by Crippen LogP contribution is 2.22. The molecule has 0 saturated heterocycles. The summed E-state index contributed by atoms with van der Waals surface area (Å²) in [4.78, 5) is 16.5. The monoisotopic (exact) mass is 261 g/mol. The van der Waals surface area contributed by atoms with Crippen LogP contribution in [0, 0.1) is 0 Å². The SMILES string of the molecule is CCN(CC)CCN1C(=O)CNCc2ccccc21. The first kappa shape index (κ1) is 14.0. The largest absolute Gasteiger partial charge is 0.310 e. The molecular weight excluding hydrogens is 238 g/mol. The second-order valence-corrected chi connectivity index (χ2v) is 4.80. The molecule has 0 spiro atoms. The van der Waals surface area contributed by atoms with Crippen molar-refractivity contribution in [1.29, 1.82) is 0 Å². The standard InChI is InChI=1S/C15H23N3O/c1-3-17(4-2)9-10-18-14-8-6-5-7-13(14)11-16-12-15(18)19/h5-8,16H,3-4,9-12H2,1-2H3. The first-order valence-electron chi connectivity index (χ1n) is 7.07. The molecule has 1 aliphatic heterocycles. The Balaban J connectivity index is 2.14. The highest BCUT2D eigenvalue weighted by molar-refractivity contribution is 5.96. The van der Waals surface area contributed by atoms with Crippen LogP contribution in [-0.2, 0) is 11.3 Å². The van der Waals surface area contributed by atoms with E-state index in [2.05, 4.69) is 30.1 Å². The summed E-state index contributed by atoms with van der Waals surface area (Å²) in [5.41, 5.74) is 2.26. The van der Waals surface area contributed by atoms with Gasteiger partial charge in [0.2, 0.25) is 5.91 Å². The number of fused-ring (bicyclic) bond motifs is 1. The van der Waals surface area contributed by atoms with Crippen LogP contribution in [-0.4, -0.2) is 43.5 Å². The zero-order valence-corrected chi connectivity index (χ0v) is 11.9. The Kier molecular flexibility index (Phi) is 4.93. The lowest BCUT2D eigenvalue weighted by Crippen LogP contribution is -2.41. The Morgan fingerprint density at radius 1 is 1.21 bits per heavy atom. The molecular formula is C15H23N3O. The number of benzene rings is 1. The second kappa shape index (κ2) is 6.68. The van der Waals surface area contributed by atoms with Crippen molar-refractivity contribution in [2.75, 3.05) is 37.6 Å². The number of hydrogen-bond acceptors (Lipinski definition) is 3. The van der Waals surface area contributed by atoms with Gasteiger partial charge in [0.15, 0.2) is 0 Å². The number of carbonyl (C=O) groups is 1. The van der Waals surface area contributed by atoms with Gasteiger partial charge in [-0.05, 0) is 24.7 Å². The van der Waals surface area contributed by atoms with E-state index in [9.17, 15) is 4.79 Å². The third-order valence-corrected chi connectivity index (χ3v) is 3.71. The molecule has 4 nitrogen and oxygen atoms in total. The third kappa shape index (κ3) is 3.33. The van der Waals surface area contributed by atoms with Crippen LogP contribution in [0.15, 0.2) is 24.3 Å². The minimum absolute atomic E-state index is 0.164. The fraction of sp³-hybridized carbons (Fsp3) is 0.533. The van der Waals surface area contributed by atoms with Crippen LogP contribution < -0.4 is 10.2 Å². The summed E-state index contributed by atoms with van der Waals surface area (Å²) < 4.78 is 0. The minimum atomic E-state index is 0.164. The number of nitrogens with zero attached hydrogens (tertiary/aromatic N) is 2. The maximum absolute atomic E-state index is 12.2. The van der Waals surface area contributed by atoms with Gasteiger partial charge in [-0.1, -0.05) is 32.0 Å². The highest BCUT2D eigenvalue weighted by atomic mass is 16.2. The molecule has 104 valence electrons. The molecule has 1 amide bonds. The highest BCUT2D eigenvalue weighted by Gasteiger charge is 2.21. The van der Waals surface area contributed by atoms with Crippen molar-refractivity contribution in [3.8, 4) is 0 Å². The number of para-hydroxylation sites is 1. The molecule has 0 bridgehead atoms. The van der Waals surface area contributed by atoms with E-state index >= 15 is 0 Å². The van der Waals surface area contributed by atoms with Gasteiger partial charge in [-0.3, -0.25) is 4.79 Å². The molecule has 0 aliphatic carbocycles. The molecule has 19 heavy (non-hydrogen) atoms. The minimum Gasteiger partial charge on any atom is -0.310 e. The molecule has 1 aromatic rings. The first-order chi connectivity index (χ1) is 9.26. The Hall–Kier alpha value is -1.39. The zero-order chi connectivity index (χ0) is 13.7. The molecule has 0 saturated carbocycles. The number of nitrogens with one attached hydrogen (secondary N) is 1. The Morgan fingerprint density at radius 3 is 2.68 bits per heavy atom. The van der Waals surface area contributed by atoms with Crippen molar-refractivity contribution < 1.29 is 4.79 Å². The lowest BCUT2D eigenvalue weighted by molar-refractivity contribution is -0.117. The van der Waals surface area contributed by atoms with Crippen LogP contribution in [0.5, 0.6) is 0 Å². The predicted octanol–water partition coefficient (Wildman–Crippen LogP) is 1.46. The Morgan fingerprint density at radius 2 is 1.95 bits per heavy atom. The number of amides is 1. The van der Waals surface area contributed by atoms with Crippen LogP contribution in [0.4, 0.5) is 5.69 Å². The van der Waals surface area contributed by atoms with Crippen molar-refractivity contribution in [2.45, 2.75) is 20.4 Å². The van der Waals surface area contributed by atoms with E-state index in [0.717, 1.165) is 38.4 Å². The summed E-state index contributed by atoms with van der Waals surface area (Å²) in [7, 11) is 0. The Labute approximate surface area is 115 Å².